The monoisotopic (exact) mass is 302 g/mol. The Hall–Kier alpha value is -0.140. The molecule has 0 aliphatic heterocycles. The summed E-state index contributed by atoms with van der Waals surface area (Å²) in [4.78, 5) is 0. The van der Waals surface area contributed by atoms with E-state index in [0.717, 1.165) is 5.75 Å². The molecule has 0 saturated heterocycles. The molecule has 0 nitrogen and oxygen atoms in total. The van der Waals surface area contributed by atoms with Gasteiger partial charge in [-0.15, -0.1) is 12.3 Å². The maximum atomic E-state index is 5.27. The van der Waals surface area contributed by atoms with E-state index in [0.29, 0.717) is 6.42 Å². The van der Waals surface area contributed by atoms with Crippen LogP contribution in [0.2, 0.25) is 0 Å². The molecule has 1 aromatic carbocycles. The van der Waals surface area contributed by atoms with Crippen LogP contribution in [0.4, 0.5) is 0 Å². The second-order valence-corrected chi connectivity index (χ2v) is 4.38. The largest absolute Gasteiger partial charge is 0.175 e. The number of hydrogen-bond donors (Lipinski definition) is 1. The van der Waals surface area contributed by atoms with Gasteiger partial charge in [0, 0.05) is 15.7 Å². The maximum Gasteiger partial charge on any atom is 0.0338 e. The first-order chi connectivity index (χ1) is 6.19. The number of thiol groups is 1. The lowest BCUT2D eigenvalue weighted by Crippen LogP contribution is -1.93. The number of terminal acetylenes is 1. The van der Waals surface area contributed by atoms with Gasteiger partial charge in [-0.05, 0) is 52.3 Å². The minimum absolute atomic E-state index is 0.705. The molecule has 0 N–H and O–H groups in total. The molecule has 1 rings (SSSR count). The number of rotatable bonds is 2. The zero-order valence-electron chi connectivity index (χ0n) is 7.47. The molecule has 0 unspecified atom stereocenters. The van der Waals surface area contributed by atoms with E-state index in [1.54, 1.807) is 0 Å². The van der Waals surface area contributed by atoms with Crippen molar-refractivity contribution in [2.45, 2.75) is 19.1 Å². The minimum atomic E-state index is 0.705. The van der Waals surface area contributed by atoms with Gasteiger partial charge in [-0.3, -0.25) is 0 Å². The molecule has 0 aliphatic carbocycles. The number of halogens is 1. The molecule has 2 heteroatoms. The van der Waals surface area contributed by atoms with E-state index in [2.05, 4.69) is 60.2 Å². The van der Waals surface area contributed by atoms with Gasteiger partial charge in [0.05, 0.1) is 0 Å². The number of hydrogen-bond acceptors (Lipinski definition) is 1. The maximum absolute atomic E-state index is 5.27. The fourth-order valence-electron chi connectivity index (χ4n) is 1.18. The molecular formula is C11H11IS. The second-order valence-electron chi connectivity index (χ2n) is 2.90. The molecule has 0 bridgehead atoms. The molecule has 0 aliphatic rings. The zero-order valence-corrected chi connectivity index (χ0v) is 10.5. The Kier molecular flexibility index (Phi) is 4.14. The Balaban J connectivity index is 3.16. The minimum Gasteiger partial charge on any atom is -0.175 e. The molecule has 0 heterocycles. The normalized spacial score (nSPS) is 9.69. The van der Waals surface area contributed by atoms with Crippen LogP contribution in [0.5, 0.6) is 0 Å². The van der Waals surface area contributed by atoms with E-state index in [-0.39, 0.29) is 0 Å². The molecule has 0 spiro atoms. The summed E-state index contributed by atoms with van der Waals surface area (Å²) in [5.41, 5.74) is 3.80. The van der Waals surface area contributed by atoms with Crippen molar-refractivity contribution < 1.29 is 0 Å². The zero-order chi connectivity index (χ0) is 9.84. The lowest BCUT2D eigenvalue weighted by atomic mass is 10.0. The summed E-state index contributed by atoms with van der Waals surface area (Å²) in [5, 5.41) is 0. The van der Waals surface area contributed by atoms with Gasteiger partial charge in [-0.2, -0.15) is 12.6 Å². The van der Waals surface area contributed by atoms with Crippen LogP contribution in [0.1, 0.15) is 16.7 Å². The molecule has 13 heavy (non-hydrogen) atoms. The van der Waals surface area contributed by atoms with E-state index in [1.165, 1.54) is 20.3 Å². The van der Waals surface area contributed by atoms with Crippen LogP contribution in [-0.4, -0.2) is 0 Å². The highest BCUT2D eigenvalue weighted by Crippen LogP contribution is 2.20. The first-order valence-corrected chi connectivity index (χ1v) is 5.72. The van der Waals surface area contributed by atoms with Crippen LogP contribution in [0.3, 0.4) is 0 Å². The average Bonchev–Trinajstić information content (AvgIpc) is 2.11. The van der Waals surface area contributed by atoms with Crippen molar-refractivity contribution in [1.29, 1.82) is 0 Å². The Morgan fingerprint density at radius 3 is 2.77 bits per heavy atom. The second kappa shape index (κ2) is 4.92. The summed E-state index contributed by atoms with van der Waals surface area (Å²) < 4.78 is 1.27. The van der Waals surface area contributed by atoms with Gasteiger partial charge in [-0.1, -0.05) is 6.07 Å². The highest BCUT2D eigenvalue weighted by atomic mass is 127. The predicted octanol–water partition coefficient (Wildman–Crippen LogP) is 3.21. The molecule has 0 aromatic heterocycles. The summed E-state index contributed by atoms with van der Waals surface area (Å²) in [7, 11) is 0. The Bertz CT molecular complexity index is 350. The van der Waals surface area contributed by atoms with Gasteiger partial charge in [0.15, 0.2) is 0 Å². The Morgan fingerprint density at radius 2 is 2.23 bits per heavy atom. The molecule has 1 aromatic rings. The van der Waals surface area contributed by atoms with Crippen molar-refractivity contribution in [3.8, 4) is 12.3 Å². The van der Waals surface area contributed by atoms with Crippen LogP contribution < -0.4 is 0 Å². The third-order valence-corrected chi connectivity index (χ3v) is 3.45. The third kappa shape index (κ3) is 2.65. The fourth-order valence-corrected chi connectivity index (χ4v) is 2.26. The molecule has 0 amide bonds. The van der Waals surface area contributed by atoms with E-state index in [4.69, 9.17) is 6.42 Å². The third-order valence-electron chi connectivity index (χ3n) is 1.99. The smallest absolute Gasteiger partial charge is 0.0338 e. The van der Waals surface area contributed by atoms with Crippen LogP contribution in [0.25, 0.3) is 0 Å². The van der Waals surface area contributed by atoms with Gasteiger partial charge in [-0.25, -0.2) is 0 Å². The van der Waals surface area contributed by atoms with Crippen molar-refractivity contribution in [1.82, 2.24) is 0 Å². The lowest BCUT2D eigenvalue weighted by Gasteiger charge is -2.07. The van der Waals surface area contributed by atoms with Crippen molar-refractivity contribution >= 4 is 35.2 Å². The first-order valence-electron chi connectivity index (χ1n) is 4.01. The highest BCUT2D eigenvalue weighted by molar-refractivity contribution is 14.1. The van der Waals surface area contributed by atoms with E-state index < -0.39 is 0 Å². The summed E-state index contributed by atoms with van der Waals surface area (Å²) in [6.45, 7) is 2.12. The summed E-state index contributed by atoms with van der Waals surface area (Å²) in [6, 6.07) is 4.28. The van der Waals surface area contributed by atoms with Crippen LogP contribution in [0.15, 0.2) is 12.1 Å². The molecule has 0 saturated carbocycles. The summed E-state index contributed by atoms with van der Waals surface area (Å²) >= 11 is 6.62. The van der Waals surface area contributed by atoms with Crippen LogP contribution >= 0.6 is 35.2 Å². The fraction of sp³-hybridized carbons (Fsp3) is 0.273. The van der Waals surface area contributed by atoms with Gasteiger partial charge >= 0.3 is 0 Å². The summed E-state index contributed by atoms with van der Waals surface area (Å²) in [5.74, 6) is 3.43. The number of benzene rings is 1. The van der Waals surface area contributed by atoms with Crippen molar-refractivity contribution in [2.75, 3.05) is 0 Å². The van der Waals surface area contributed by atoms with Gasteiger partial charge in [0.2, 0.25) is 0 Å². The van der Waals surface area contributed by atoms with Gasteiger partial charge in [0.1, 0.15) is 0 Å². The molecule has 0 atom stereocenters. The first kappa shape index (κ1) is 10.9. The SMILES string of the molecule is C#CCc1cc(I)c(C)c(CS)c1. The standard InChI is InChI=1S/C11H11IS/c1-3-4-9-5-10(7-13)8(2)11(12)6-9/h1,5-6,13H,4,7H2,2H3. The quantitative estimate of drug-likeness (QED) is 0.484. The van der Waals surface area contributed by atoms with E-state index in [1.807, 2.05) is 0 Å². The van der Waals surface area contributed by atoms with Crippen molar-refractivity contribution in [3.63, 3.8) is 0 Å². The van der Waals surface area contributed by atoms with Crippen molar-refractivity contribution in [3.05, 3.63) is 32.4 Å². The van der Waals surface area contributed by atoms with E-state index >= 15 is 0 Å². The van der Waals surface area contributed by atoms with E-state index in [9.17, 15) is 0 Å². The lowest BCUT2D eigenvalue weighted by molar-refractivity contribution is 1.22. The van der Waals surface area contributed by atoms with Crippen LogP contribution in [0, 0.1) is 22.8 Å². The molecule has 0 fully saturated rings. The van der Waals surface area contributed by atoms with Crippen molar-refractivity contribution in [2.24, 2.45) is 0 Å². The predicted molar refractivity (Wildman–Crippen MR) is 69.1 cm³/mol. The van der Waals surface area contributed by atoms with Gasteiger partial charge in [0.25, 0.3) is 0 Å². The Morgan fingerprint density at radius 1 is 1.54 bits per heavy atom. The topological polar surface area (TPSA) is 0 Å². The Labute approximate surface area is 98.7 Å². The molecule has 68 valence electrons. The highest BCUT2D eigenvalue weighted by Gasteiger charge is 2.03. The van der Waals surface area contributed by atoms with Crippen LogP contribution in [-0.2, 0) is 12.2 Å². The molecule has 0 radical (unpaired) electrons. The average molecular weight is 302 g/mol. The van der Waals surface area contributed by atoms with Gasteiger partial charge < -0.3 is 0 Å². The summed E-state index contributed by atoms with van der Waals surface area (Å²) in [6.07, 6.45) is 5.97. The molecular weight excluding hydrogens is 291 g/mol.